The lowest BCUT2D eigenvalue weighted by molar-refractivity contribution is 0.0105. The fourth-order valence-electron chi connectivity index (χ4n) is 2.00. The molecule has 0 bridgehead atoms. The zero-order valence-electron chi connectivity index (χ0n) is 10.5. The summed E-state index contributed by atoms with van der Waals surface area (Å²) in [5.41, 5.74) is 0. The normalized spacial score (nSPS) is 34.1. The van der Waals surface area contributed by atoms with Crippen LogP contribution in [0, 0.1) is 0 Å². The van der Waals surface area contributed by atoms with Gasteiger partial charge in [0.1, 0.15) is 29.8 Å². The van der Waals surface area contributed by atoms with E-state index in [1.807, 2.05) is 0 Å². The van der Waals surface area contributed by atoms with Gasteiger partial charge >= 0.3 is 0 Å². The molecule has 9 nitrogen and oxygen atoms in total. The predicted octanol–water partition coefficient (Wildman–Crippen LogP) is -4.37. The quantitative estimate of drug-likeness (QED) is 0.205. The maximum atomic E-state index is 10.5. The predicted molar refractivity (Wildman–Crippen MR) is 69.0 cm³/mol. The van der Waals surface area contributed by atoms with E-state index in [4.69, 9.17) is 10.2 Å². The Morgan fingerprint density at radius 1 is 1.45 bits per heavy atom. The standard InChI is InChI=1S/C9H18O9S2/c10-1-7(18-20(15,16)17)5(12)3-19-4-6(13)9(14)8(19)2-11/h5-14H,1-4H2/p+1/t5-,6+,7+,8-,9+,19?/m1/s1. The summed E-state index contributed by atoms with van der Waals surface area (Å²) in [6, 6.07) is 0. The van der Waals surface area contributed by atoms with Gasteiger partial charge < -0.3 is 30.1 Å². The van der Waals surface area contributed by atoms with Crippen molar-refractivity contribution in [1.82, 2.24) is 0 Å². The third-order valence-electron chi connectivity index (χ3n) is 3.02. The van der Waals surface area contributed by atoms with Gasteiger partial charge in [0.05, 0.1) is 6.61 Å². The molecule has 0 aliphatic carbocycles. The van der Waals surface area contributed by atoms with Gasteiger partial charge in [-0.3, -0.25) is 4.18 Å². The highest BCUT2D eigenvalue weighted by Gasteiger charge is 2.50. The second kappa shape index (κ2) is 7.33. The smallest absolute Gasteiger partial charge is 0.218 e. The number of aliphatic hydroxyl groups is 4. The molecule has 1 fully saturated rings. The summed E-state index contributed by atoms with van der Waals surface area (Å²) in [7, 11) is -5.80. The molecule has 11 heteroatoms. The number of hydrogen-bond donors (Lipinski definition) is 4. The number of aliphatic hydroxyl groups excluding tert-OH is 4. The first-order valence-electron chi connectivity index (χ1n) is 5.79. The van der Waals surface area contributed by atoms with E-state index in [-0.39, 0.29) is 18.1 Å². The Hall–Kier alpha value is 0.0200. The van der Waals surface area contributed by atoms with Crippen LogP contribution >= 0.6 is 0 Å². The van der Waals surface area contributed by atoms with Gasteiger partial charge in [-0.25, -0.2) is 8.42 Å². The molecular formula is C9H19O9S2+. The molecule has 0 aromatic heterocycles. The third kappa shape index (κ3) is 4.79. The highest BCUT2D eigenvalue weighted by molar-refractivity contribution is 7.97. The van der Waals surface area contributed by atoms with Gasteiger partial charge in [-0.1, -0.05) is 0 Å². The SMILES string of the molecule is O=S(=O)([O-])O[C@@H](C[OH2+])[C@H](O)C[S+]1C[C@H](O)[C@H](O)[C@H]1CO. The van der Waals surface area contributed by atoms with Crippen molar-refractivity contribution < 1.29 is 42.7 Å². The Balaban J connectivity index is 2.66. The van der Waals surface area contributed by atoms with Crippen molar-refractivity contribution in [3.05, 3.63) is 0 Å². The maximum Gasteiger partial charge on any atom is 0.218 e. The van der Waals surface area contributed by atoms with Crippen molar-refractivity contribution in [3.8, 4) is 0 Å². The van der Waals surface area contributed by atoms with Crippen LogP contribution in [0.3, 0.4) is 0 Å². The second-order valence-corrected chi connectivity index (χ2v) is 7.82. The van der Waals surface area contributed by atoms with Crippen molar-refractivity contribution >= 4 is 21.3 Å². The average molecular weight is 335 g/mol. The van der Waals surface area contributed by atoms with Crippen molar-refractivity contribution in [2.24, 2.45) is 0 Å². The van der Waals surface area contributed by atoms with E-state index in [0.29, 0.717) is 0 Å². The third-order valence-corrected chi connectivity index (χ3v) is 6.33. The van der Waals surface area contributed by atoms with Crippen molar-refractivity contribution in [2.75, 3.05) is 24.7 Å². The summed E-state index contributed by atoms with van der Waals surface area (Å²) in [5.74, 6) is 0.0801. The van der Waals surface area contributed by atoms with Gasteiger partial charge in [-0.15, -0.1) is 0 Å². The second-order valence-electron chi connectivity index (χ2n) is 4.46. The molecule has 1 heterocycles. The lowest BCUT2D eigenvalue weighted by Crippen LogP contribution is -2.42. The van der Waals surface area contributed by atoms with E-state index in [2.05, 4.69) is 4.18 Å². The van der Waals surface area contributed by atoms with E-state index >= 15 is 0 Å². The first-order chi connectivity index (χ1) is 9.19. The Labute approximate surface area is 119 Å². The zero-order valence-corrected chi connectivity index (χ0v) is 12.1. The highest BCUT2D eigenvalue weighted by atomic mass is 32.3. The molecule has 0 radical (unpaired) electrons. The topological polar surface area (TPSA) is 170 Å². The molecule has 0 saturated carbocycles. The molecule has 1 aliphatic rings. The average Bonchev–Trinajstić information content (AvgIpc) is 2.60. The molecule has 6 atom stereocenters. The van der Waals surface area contributed by atoms with Gasteiger partial charge in [-0.2, -0.15) is 0 Å². The van der Waals surface area contributed by atoms with E-state index in [1.165, 1.54) is 0 Å². The van der Waals surface area contributed by atoms with Crippen molar-refractivity contribution in [2.45, 2.75) is 29.7 Å². The van der Waals surface area contributed by atoms with Crippen molar-refractivity contribution in [1.29, 1.82) is 0 Å². The Kier molecular flexibility index (Phi) is 6.63. The van der Waals surface area contributed by atoms with E-state index in [1.54, 1.807) is 0 Å². The van der Waals surface area contributed by atoms with Crippen LogP contribution in [-0.4, -0.2) is 92.9 Å². The summed E-state index contributed by atoms with van der Waals surface area (Å²) < 4.78 is 35.5. The first-order valence-corrected chi connectivity index (χ1v) is 8.75. The van der Waals surface area contributed by atoms with Gasteiger partial charge in [-0.05, 0) is 0 Å². The van der Waals surface area contributed by atoms with E-state index in [0.717, 1.165) is 0 Å². The number of rotatable bonds is 7. The van der Waals surface area contributed by atoms with Gasteiger partial charge in [0.25, 0.3) is 0 Å². The number of hydrogen-bond acceptors (Lipinski definition) is 8. The minimum atomic E-state index is -5.03. The summed E-state index contributed by atoms with van der Waals surface area (Å²) in [5, 5.41) is 44.6. The van der Waals surface area contributed by atoms with Gasteiger partial charge in [0, 0.05) is 10.9 Å². The molecule has 1 rings (SSSR count). The summed E-state index contributed by atoms with van der Waals surface area (Å²) in [6.07, 6.45) is -5.05. The molecule has 1 saturated heterocycles. The fourth-order valence-corrected chi connectivity index (χ4v) is 5.21. The van der Waals surface area contributed by atoms with E-state index < -0.39 is 57.6 Å². The molecule has 1 unspecified atom stereocenters. The molecule has 0 spiro atoms. The lowest BCUT2D eigenvalue weighted by Gasteiger charge is -2.21. The Bertz CT molecular complexity index is 400. The first kappa shape index (κ1) is 18.1. The largest absolute Gasteiger partial charge is 0.726 e. The van der Waals surface area contributed by atoms with Crippen LogP contribution in [0.4, 0.5) is 0 Å². The van der Waals surface area contributed by atoms with Gasteiger partial charge in [0.15, 0.2) is 18.0 Å². The van der Waals surface area contributed by atoms with Crippen LogP contribution in [0.5, 0.6) is 0 Å². The van der Waals surface area contributed by atoms with Crippen LogP contribution < -0.4 is 0 Å². The van der Waals surface area contributed by atoms with Crippen molar-refractivity contribution in [3.63, 3.8) is 0 Å². The summed E-state index contributed by atoms with van der Waals surface area (Å²) >= 11 is 0. The summed E-state index contributed by atoms with van der Waals surface area (Å²) in [4.78, 5) is 0. The molecular weight excluding hydrogens is 316 g/mol. The Morgan fingerprint density at radius 2 is 2.05 bits per heavy atom. The van der Waals surface area contributed by atoms with Crippen LogP contribution in [0.25, 0.3) is 0 Å². The molecule has 120 valence electrons. The fraction of sp³-hybridized carbons (Fsp3) is 1.00. The summed E-state index contributed by atoms with van der Waals surface area (Å²) in [6.45, 7) is -1.02. The maximum absolute atomic E-state index is 10.5. The molecule has 1 aliphatic heterocycles. The van der Waals surface area contributed by atoms with Crippen LogP contribution in [0.15, 0.2) is 0 Å². The monoisotopic (exact) mass is 335 g/mol. The van der Waals surface area contributed by atoms with Crippen LogP contribution in [0.1, 0.15) is 0 Å². The molecule has 0 aromatic carbocycles. The molecule has 0 amide bonds. The van der Waals surface area contributed by atoms with Crippen LogP contribution in [0.2, 0.25) is 0 Å². The zero-order chi connectivity index (χ0) is 15.5. The van der Waals surface area contributed by atoms with Gasteiger partial charge in [0.2, 0.25) is 10.4 Å². The highest BCUT2D eigenvalue weighted by Crippen LogP contribution is 2.25. The van der Waals surface area contributed by atoms with Crippen LogP contribution in [-0.2, 0) is 25.5 Å². The lowest BCUT2D eigenvalue weighted by atomic mass is 10.2. The minimum absolute atomic E-state index is 0.0710. The minimum Gasteiger partial charge on any atom is -0.726 e. The molecule has 0 aromatic rings. The molecule has 20 heavy (non-hydrogen) atoms. The Morgan fingerprint density at radius 3 is 2.50 bits per heavy atom. The molecule has 6 N–H and O–H groups in total. The van der Waals surface area contributed by atoms with E-state index in [9.17, 15) is 28.3 Å².